The van der Waals surface area contributed by atoms with Crippen LogP contribution in [-0.4, -0.2) is 40.4 Å². The highest BCUT2D eigenvalue weighted by atomic mass is 16.5. The molecule has 0 saturated heterocycles. The van der Waals surface area contributed by atoms with Crippen LogP contribution in [0.25, 0.3) is 0 Å². The highest BCUT2D eigenvalue weighted by molar-refractivity contribution is 5.77. The van der Waals surface area contributed by atoms with Crippen molar-refractivity contribution in [1.82, 2.24) is 0 Å². The Hall–Kier alpha value is -1.91. The summed E-state index contributed by atoms with van der Waals surface area (Å²) in [5.74, 6) is 1.19. The first-order valence-corrected chi connectivity index (χ1v) is 6.13. The van der Waals surface area contributed by atoms with Crippen LogP contribution in [0.3, 0.4) is 0 Å². The van der Waals surface area contributed by atoms with Gasteiger partial charge in [0.2, 0.25) is 0 Å². The van der Waals surface area contributed by atoms with Crippen LogP contribution in [0.4, 0.5) is 5.69 Å². The van der Waals surface area contributed by atoms with Crippen LogP contribution in [0.2, 0.25) is 0 Å². The molecular formula is C14H21NO4. The van der Waals surface area contributed by atoms with Gasteiger partial charge >= 0.3 is 5.97 Å². The molecule has 0 atom stereocenters. The number of hydrogen-bond donors (Lipinski definition) is 0. The van der Waals surface area contributed by atoms with Crippen LogP contribution in [0, 0.1) is 6.92 Å². The smallest absolute Gasteiger partial charge is 0.325 e. The Bertz CT molecular complexity index is 445. The number of nitrogens with zero attached hydrogens (tertiary/aromatic N) is 1. The second-order valence-corrected chi connectivity index (χ2v) is 4.11. The summed E-state index contributed by atoms with van der Waals surface area (Å²) in [6.07, 6.45) is 0. The van der Waals surface area contributed by atoms with Crippen LogP contribution < -0.4 is 14.4 Å². The molecule has 19 heavy (non-hydrogen) atoms. The molecule has 0 aliphatic heterocycles. The second kappa shape index (κ2) is 6.87. The molecular weight excluding hydrogens is 246 g/mol. The zero-order valence-electron chi connectivity index (χ0n) is 12.1. The maximum Gasteiger partial charge on any atom is 0.325 e. The van der Waals surface area contributed by atoms with Gasteiger partial charge in [-0.15, -0.1) is 0 Å². The molecule has 0 N–H and O–H groups in total. The van der Waals surface area contributed by atoms with E-state index in [2.05, 4.69) is 0 Å². The van der Waals surface area contributed by atoms with Crippen molar-refractivity contribution in [2.75, 3.05) is 39.3 Å². The number of carbonyl (C=O) groups is 1. The molecule has 5 nitrogen and oxygen atoms in total. The van der Waals surface area contributed by atoms with E-state index >= 15 is 0 Å². The summed E-state index contributed by atoms with van der Waals surface area (Å²) in [4.78, 5) is 13.3. The lowest BCUT2D eigenvalue weighted by molar-refractivity contribution is -0.141. The van der Waals surface area contributed by atoms with Crippen molar-refractivity contribution in [1.29, 1.82) is 0 Å². The minimum atomic E-state index is -0.263. The Kier molecular flexibility index (Phi) is 5.48. The normalized spacial score (nSPS) is 9.95. The van der Waals surface area contributed by atoms with Gasteiger partial charge in [-0.2, -0.15) is 0 Å². The molecule has 0 aliphatic carbocycles. The highest BCUT2D eigenvalue weighted by Gasteiger charge is 2.16. The first-order valence-electron chi connectivity index (χ1n) is 6.13. The van der Waals surface area contributed by atoms with Gasteiger partial charge in [-0.1, -0.05) is 0 Å². The van der Waals surface area contributed by atoms with E-state index in [1.807, 2.05) is 26.1 Å². The zero-order chi connectivity index (χ0) is 14.4. The van der Waals surface area contributed by atoms with Gasteiger partial charge in [0.1, 0.15) is 18.0 Å². The van der Waals surface area contributed by atoms with Gasteiger partial charge in [0.15, 0.2) is 0 Å². The third-order valence-electron chi connectivity index (χ3n) is 2.84. The zero-order valence-corrected chi connectivity index (χ0v) is 12.1. The van der Waals surface area contributed by atoms with E-state index in [0.29, 0.717) is 12.4 Å². The standard InChI is InChI=1S/C14H21NO4/c1-6-19-13(16)9-15(3)11-7-8-12(17-4)10(2)14(11)18-5/h7-8H,6,9H2,1-5H3. The average molecular weight is 267 g/mol. The van der Waals surface area contributed by atoms with Crippen LogP contribution in [0.5, 0.6) is 11.5 Å². The summed E-state index contributed by atoms with van der Waals surface area (Å²) >= 11 is 0. The van der Waals surface area contributed by atoms with Crippen LogP contribution in [-0.2, 0) is 9.53 Å². The summed E-state index contributed by atoms with van der Waals surface area (Å²) in [5, 5.41) is 0. The highest BCUT2D eigenvalue weighted by Crippen LogP contribution is 2.36. The molecule has 1 aromatic carbocycles. The van der Waals surface area contributed by atoms with Crippen molar-refractivity contribution >= 4 is 11.7 Å². The predicted molar refractivity (Wildman–Crippen MR) is 74.2 cm³/mol. The maximum atomic E-state index is 11.5. The fourth-order valence-corrected chi connectivity index (χ4v) is 1.92. The lowest BCUT2D eigenvalue weighted by Crippen LogP contribution is -2.27. The molecule has 0 radical (unpaired) electrons. The Morgan fingerprint density at radius 1 is 1.26 bits per heavy atom. The van der Waals surface area contributed by atoms with Crippen molar-refractivity contribution in [3.8, 4) is 11.5 Å². The summed E-state index contributed by atoms with van der Waals surface area (Å²) < 4.78 is 15.6. The quantitative estimate of drug-likeness (QED) is 0.738. The third-order valence-corrected chi connectivity index (χ3v) is 2.84. The number of anilines is 1. The Morgan fingerprint density at radius 2 is 1.95 bits per heavy atom. The molecule has 0 heterocycles. The van der Waals surface area contributed by atoms with Crippen molar-refractivity contribution in [3.63, 3.8) is 0 Å². The van der Waals surface area contributed by atoms with E-state index in [-0.39, 0.29) is 12.5 Å². The van der Waals surface area contributed by atoms with Crippen molar-refractivity contribution < 1.29 is 19.0 Å². The maximum absolute atomic E-state index is 11.5. The Morgan fingerprint density at radius 3 is 2.47 bits per heavy atom. The SMILES string of the molecule is CCOC(=O)CN(C)c1ccc(OC)c(C)c1OC. The average Bonchev–Trinajstić information content (AvgIpc) is 2.38. The predicted octanol–water partition coefficient (Wildman–Crippen LogP) is 2.01. The van der Waals surface area contributed by atoms with Crippen molar-refractivity contribution in [2.24, 2.45) is 0 Å². The topological polar surface area (TPSA) is 48.0 Å². The number of likely N-dealkylation sites (N-methyl/N-ethyl adjacent to an activating group) is 1. The van der Waals surface area contributed by atoms with Crippen LogP contribution in [0.1, 0.15) is 12.5 Å². The molecule has 5 heteroatoms. The monoisotopic (exact) mass is 267 g/mol. The summed E-state index contributed by atoms with van der Waals surface area (Å²) in [7, 11) is 5.04. The van der Waals surface area contributed by atoms with Crippen LogP contribution in [0.15, 0.2) is 12.1 Å². The van der Waals surface area contributed by atoms with Crippen LogP contribution >= 0.6 is 0 Å². The summed E-state index contributed by atoms with van der Waals surface area (Å²) in [6.45, 7) is 4.26. The van der Waals surface area contributed by atoms with Crippen molar-refractivity contribution in [3.05, 3.63) is 17.7 Å². The molecule has 106 valence electrons. The number of esters is 1. The van der Waals surface area contributed by atoms with Gasteiger partial charge in [0.25, 0.3) is 0 Å². The minimum Gasteiger partial charge on any atom is -0.496 e. The largest absolute Gasteiger partial charge is 0.496 e. The second-order valence-electron chi connectivity index (χ2n) is 4.11. The van der Waals surface area contributed by atoms with Gasteiger partial charge in [0, 0.05) is 12.6 Å². The lowest BCUT2D eigenvalue weighted by atomic mass is 10.1. The first-order chi connectivity index (χ1) is 9.04. The first kappa shape index (κ1) is 15.1. The molecule has 0 bridgehead atoms. The molecule has 0 fully saturated rings. The molecule has 0 unspecified atom stereocenters. The van der Waals surface area contributed by atoms with E-state index in [9.17, 15) is 4.79 Å². The number of carbonyl (C=O) groups excluding carboxylic acids is 1. The third kappa shape index (κ3) is 3.53. The number of hydrogen-bond acceptors (Lipinski definition) is 5. The molecule has 1 rings (SSSR count). The number of methoxy groups -OCH3 is 2. The Balaban J connectivity index is 2.99. The fraction of sp³-hybridized carbons (Fsp3) is 0.500. The molecule has 1 aromatic rings. The van der Waals surface area contributed by atoms with E-state index in [0.717, 1.165) is 17.0 Å². The van der Waals surface area contributed by atoms with Gasteiger partial charge in [-0.25, -0.2) is 0 Å². The number of benzene rings is 1. The van der Waals surface area contributed by atoms with Gasteiger partial charge in [-0.05, 0) is 26.0 Å². The van der Waals surface area contributed by atoms with Gasteiger partial charge in [0.05, 0.1) is 26.5 Å². The lowest BCUT2D eigenvalue weighted by Gasteiger charge is -2.22. The molecule has 0 amide bonds. The molecule has 0 aromatic heterocycles. The molecule has 0 spiro atoms. The van der Waals surface area contributed by atoms with E-state index in [4.69, 9.17) is 14.2 Å². The van der Waals surface area contributed by atoms with E-state index < -0.39 is 0 Å². The van der Waals surface area contributed by atoms with E-state index in [1.165, 1.54) is 0 Å². The summed E-state index contributed by atoms with van der Waals surface area (Å²) in [6, 6.07) is 3.72. The fourth-order valence-electron chi connectivity index (χ4n) is 1.92. The summed E-state index contributed by atoms with van der Waals surface area (Å²) in [5.41, 5.74) is 1.73. The van der Waals surface area contributed by atoms with Crippen molar-refractivity contribution in [2.45, 2.75) is 13.8 Å². The van der Waals surface area contributed by atoms with E-state index in [1.54, 1.807) is 26.0 Å². The molecule has 0 aliphatic rings. The number of ether oxygens (including phenoxy) is 3. The minimum absolute atomic E-state index is 0.177. The van der Waals surface area contributed by atoms with Gasteiger partial charge < -0.3 is 19.1 Å². The van der Waals surface area contributed by atoms with Gasteiger partial charge in [-0.3, -0.25) is 4.79 Å². The molecule has 0 saturated carbocycles. The number of rotatable bonds is 6. The Labute approximate surface area is 114 Å².